The van der Waals surface area contributed by atoms with Crippen LogP contribution in [0.5, 0.6) is 5.75 Å². The Balaban J connectivity index is 1.71. The zero-order chi connectivity index (χ0) is 23.2. The summed E-state index contributed by atoms with van der Waals surface area (Å²) in [5, 5.41) is 4.01. The fourth-order valence-corrected chi connectivity index (χ4v) is 4.58. The number of carbonyl (C=O) groups excluding carboxylic acids is 2. The molecular formula is C26H26ClNO4. The minimum absolute atomic E-state index is 0.0815. The third-order valence-corrected chi connectivity index (χ3v) is 6.47. The van der Waals surface area contributed by atoms with Crippen LogP contribution in [0, 0.1) is 17.3 Å². The summed E-state index contributed by atoms with van der Waals surface area (Å²) < 4.78 is 11.1. The highest BCUT2D eigenvalue weighted by Crippen LogP contribution is 2.59. The number of ketones is 1. The van der Waals surface area contributed by atoms with E-state index in [-0.39, 0.29) is 34.7 Å². The van der Waals surface area contributed by atoms with Crippen LogP contribution in [-0.2, 0) is 4.79 Å². The quantitative estimate of drug-likeness (QED) is 0.343. The van der Waals surface area contributed by atoms with Crippen LogP contribution in [0.4, 0.5) is 5.69 Å². The Morgan fingerprint density at radius 1 is 1.16 bits per heavy atom. The van der Waals surface area contributed by atoms with Gasteiger partial charge in [-0.15, -0.1) is 0 Å². The molecule has 0 spiro atoms. The second kappa shape index (κ2) is 8.14. The lowest BCUT2D eigenvalue weighted by Crippen LogP contribution is -2.18. The number of carbonyl (C=O) groups is 2. The van der Waals surface area contributed by atoms with Crippen molar-refractivity contribution in [3.8, 4) is 5.75 Å². The van der Waals surface area contributed by atoms with Gasteiger partial charge in [0, 0.05) is 10.9 Å². The van der Waals surface area contributed by atoms with Gasteiger partial charge in [-0.2, -0.15) is 0 Å². The number of nitrogens with one attached hydrogen (secondary N) is 1. The molecule has 1 N–H and O–H groups in total. The average Bonchev–Trinajstić information content (AvgIpc) is 3.10. The standard InChI is InChI=1S/C26H26ClNO4/c1-14(2)12-17-21(26(17,3)4)25(30)28-22-16-8-6-7-9-19(16)32-24(22)23(29)15-10-11-20(31-5)18(27)13-15/h6-13,17,21H,1-5H3,(H,28,30)/t17-,21-/m1/s1. The molecule has 166 valence electrons. The van der Waals surface area contributed by atoms with Crippen molar-refractivity contribution >= 4 is 39.9 Å². The molecule has 0 bridgehead atoms. The van der Waals surface area contributed by atoms with Gasteiger partial charge in [0.25, 0.3) is 0 Å². The van der Waals surface area contributed by atoms with Gasteiger partial charge in [-0.05, 0) is 55.5 Å². The maximum absolute atomic E-state index is 13.3. The van der Waals surface area contributed by atoms with Crippen molar-refractivity contribution in [2.24, 2.45) is 17.3 Å². The molecule has 2 atom stereocenters. The number of hydrogen-bond donors (Lipinski definition) is 1. The highest BCUT2D eigenvalue weighted by atomic mass is 35.5. The van der Waals surface area contributed by atoms with Crippen molar-refractivity contribution in [2.75, 3.05) is 12.4 Å². The van der Waals surface area contributed by atoms with Crippen LogP contribution in [-0.4, -0.2) is 18.8 Å². The van der Waals surface area contributed by atoms with Gasteiger partial charge >= 0.3 is 0 Å². The summed E-state index contributed by atoms with van der Waals surface area (Å²) in [6.07, 6.45) is 2.14. The number of anilines is 1. The van der Waals surface area contributed by atoms with E-state index < -0.39 is 0 Å². The first-order chi connectivity index (χ1) is 15.1. The third kappa shape index (κ3) is 3.82. The number of hydrogen-bond acceptors (Lipinski definition) is 4. The van der Waals surface area contributed by atoms with E-state index >= 15 is 0 Å². The largest absolute Gasteiger partial charge is 0.495 e. The first-order valence-corrected chi connectivity index (χ1v) is 10.9. The SMILES string of the molecule is COc1ccc(C(=O)c2oc3ccccc3c2NC(=O)[C@H]2[C@@H](C=C(C)C)C2(C)C)cc1Cl. The summed E-state index contributed by atoms with van der Waals surface area (Å²) in [7, 11) is 1.51. The van der Waals surface area contributed by atoms with E-state index in [1.807, 2.05) is 32.0 Å². The minimum Gasteiger partial charge on any atom is -0.495 e. The summed E-state index contributed by atoms with van der Waals surface area (Å²) in [5.41, 5.74) is 2.30. The van der Waals surface area contributed by atoms with Crippen LogP contribution in [0.25, 0.3) is 11.0 Å². The van der Waals surface area contributed by atoms with Crippen molar-refractivity contribution in [1.82, 2.24) is 0 Å². The summed E-state index contributed by atoms with van der Waals surface area (Å²) in [4.78, 5) is 26.6. The monoisotopic (exact) mass is 451 g/mol. The molecule has 1 aliphatic carbocycles. The first-order valence-electron chi connectivity index (χ1n) is 10.5. The Kier molecular flexibility index (Phi) is 5.63. The second-order valence-corrected chi connectivity index (χ2v) is 9.45. The number of amides is 1. The Bertz CT molecular complexity index is 1250. The van der Waals surface area contributed by atoms with E-state index in [1.165, 1.54) is 18.7 Å². The number of allylic oxidation sites excluding steroid dienone is 2. The number of benzene rings is 2. The summed E-state index contributed by atoms with van der Waals surface area (Å²) in [5.74, 6) is 0.0538. The molecule has 2 aromatic carbocycles. The van der Waals surface area contributed by atoms with Crippen molar-refractivity contribution in [1.29, 1.82) is 0 Å². The number of rotatable bonds is 6. The smallest absolute Gasteiger partial charge is 0.230 e. The van der Waals surface area contributed by atoms with Crippen molar-refractivity contribution in [3.05, 3.63) is 70.5 Å². The first kappa shape index (κ1) is 22.2. The fraction of sp³-hybridized carbons (Fsp3) is 0.308. The number of methoxy groups -OCH3 is 1. The maximum Gasteiger partial charge on any atom is 0.230 e. The molecule has 4 rings (SSSR count). The molecule has 3 aromatic rings. The lowest BCUT2D eigenvalue weighted by molar-refractivity contribution is -0.118. The molecule has 0 radical (unpaired) electrons. The van der Waals surface area contributed by atoms with E-state index in [2.05, 4.69) is 25.2 Å². The Hall–Kier alpha value is -3.05. The van der Waals surface area contributed by atoms with E-state index in [1.54, 1.807) is 18.2 Å². The summed E-state index contributed by atoms with van der Waals surface area (Å²) in [6, 6.07) is 12.1. The zero-order valence-corrected chi connectivity index (χ0v) is 19.5. The molecule has 0 unspecified atom stereocenters. The van der Waals surface area contributed by atoms with Gasteiger partial charge in [0.2, 0.25) is 11.7 Å². The molecule has 1 aliphatic rings. The Labute approximate surface area is 192 Å². The van der Waals surface area contributed by atoms with Crippen LogP contribution in [0.15, 0.2) is 58.5 Å². The normalized spacial score (nSPS) is 18.8. The molecule has 1 saturated carbocycles. The Morgan fingerprint density at radius 2 is 1.88 bits per heavy atom. The van der Waals surface area contributed by atoms with E-state index in [0.717, 1.165) is 0 Å². The van der Waals surface area contributed by atoms with Crippen LogP contribution in [0.2, 0.25) is 5.02 Å². The highest BCUT2D eigenvalue weighted by molar-refractivity contribution is 6.32. The van der Waals surface area contributed by atoms with Gasteiger partial charge in [0.1, 0.15) is 11.3 Å². The predicted molar refractivity (Wildman–Crippen MR) is 126 cm³/mol. The van der Waals surface area contributed by atoms with Gasteiger partial charge in [-0.3, -0.25) is 9.59 Å². The minimum atomic E-state index is -0.364. The molecule has 5 nitrogen and oxygen atoms in total. The van der Waals surface area contributed by atoms with Crippen LogP contribution in [0.3, 0.4) is 0 Å². The third-order valence-electron chi connectivity index (χ3n) is 6.17. The van der Waals surface area contributed by atoms with Gasteiger partial charge in [-0.25, -0.2) is 0 Å². The molecule has 0 saturated heterocycles. The van der Waals surface area contributed by atoms with Gasteiger partial charge in [-0.1, -0.05) is 49.2 Å². The van der Waals surface area contributed by atoms with Crippen LogP contribution in [0.1, 0.15) is 43.8 Å². The number of fused-ring (bicyclic) bond motifs is 1. The topological polar surface area (TPSA) is 68.5 Å². The van der Waals surface area contributed by atoms with Gasteiger partial charge in [0.15, 0.2) is 5.76 Å². The lowest BCUT2D eigenvalue weighted by atomic mass is 10.1. The fourth-order valence-electron chi connectivity index (χ4n) is 4.32. The predicted octanol–water partition coefficient (Wildman–Crippen LogP) is 6.50. The number of furan rings is 1. The highest BCUT2D eigenvalue weighted by Gasteiger charge is 2.60. The molecule has 1 aromatic heterocycles. The van der Waals surface area contributed by atoms with Gasteiger partial charge in [0.05, 0.1) is 23.7 Å². The molecular weight excluding hydrogens is 426 g/mol. The van der Waals surface area contributed by atoms with Crippen LogP contribution < -0.4 is 10.1 Å². The lowest BCUT2D eigenvalue weighted by Gasteiger charge is -2.08. The van der Waals surface area contributed by atoms with E-state index in [9.17, 15) is 9.59 Å². The molecule has 32 heavy (non-hydrogen) atoms. The van der Waals surface area contributed by atoms with Crippen molar-refractivity contribution < 1.29 is 18.7 Å². The Morgan fingerprint density at radius 3 is 2.53 bits per heavy atom. The molecule has 1 heterocycles. The molecule has 0 aliphatic heterocycles. The number of halogens is 1. The van der Waals surface area contributed by atoms with E-state index in [0.29, 0.717) is 33.0 Å². The average molecular weight is 452 g/mol. The van der Waals surface area contributed by atoms with E-state index in [4.69, 9.17) is 20.8 Å². The molecule has 1 fully saturated rings. The van der Waals surface area contributed by atoms with Crippen molar-refractivity contribution in [3.63, 3.8) is 0 Å². The molecule has 6 heteroatoms. The number of ether oxygens (including phenoxy) is 1. The maximum atomic E-state index is 13.3. The summed E-state index contributed by atoms with van der Waals surface area (Å²) >= 11 is 6.22. The van der Waals surface area contributed by atoms with Crippen molar-refractivity contribution in [2.45, 2.75) is 27.7 Å². The number of para-hydroxylation sites is 1. The summed E-state index contributed by atoms with van der Waals surface area (Å²) in [6.45, 7) is 8.23. The molecule has 1 amide bonds. The van der Waals surface area contributed by atoms with Gasteiger partial charge < -0.3 is 14.5 Å². The second-order valence-electron chi connectivity index (χ2n) is 9.04. The van der Waals surface area contributed by atoms with Crippen LogP contribution >= 0.6 is 11.6 Å². The zero-order valence-electron chi connectivity index (χ0n) is 18.8.